The molecule has 0 spiro atoms. The van der Waals surface area contributed by atoms with Crippen LogP contribution in [-0.2, 0) is 47.2 Å². The molecule has 2 aliphatic heterocycles. The Bertz CT molecular complexity index is 1360. The lowest BCUT2D eigenvalue weighted by Gasteiger charge is -2.39. The number of aliphatic hydroxyl groups excluding tert-OH is 1. The van der Waals surface area contributed by atoms with Gasteiger partial charge < -0.3 is 24.6 Å². The van der Waals surface area contributed by atoms with E-state index in [2.05, 4.69) is 10.3 Å². The molecular formula is C29H37N5O8. The van der Waals surface area contributed by atoms with Gasteiger partial charge in [0.05, 0.1) is 24.9 Å². The number of hydrogen-bond donors (Lipinski definition) is 2. The van der Waals surface area contributed by atoms with Gasteiger partial charge in [-0.1, -0.05) is 24.3 Å². The molecule has 3 heterocycles. The molecule has 0 saturated carbocycles. The fourth-order valence-electron chi connectivity index (χ4n) is 5.25. The molecule has 0 aliphatic carbocycles. The average molecular weight is 584 g/mol. The Kier molecular flexibility index (Phi) is 9.74. The van der Waals surface area contributed by atoms with Crippen LogP contribution >= 0.6 is 0 Å². The Labute approximate surface area is 243 Å². The van der Waals surface area contributed by atoms with Crippen molar-refractivity contribution in [2.45, 2.75) is 70.7 Å². The molecule has 226 valence electrons. The van der Waals surface area contributed by atoms with Gasteiger partial charge in [-0.25, -0.2) is 0 Å². The summed E-state index contributed by atoms with van der Waals surface area (Å²) in [5, 5.41) is 29.1. The van der Waals surface area contributed by atoms with Gasteiger partial charge in [-0.3, -0.25) is 28.8 Å². The van der Waals surface area contributed by atoms with E-state index in [4.69, 9.17) is 14.6 Å². The van der Waals surface area contributed by atoms with Crippen molar-refractivity contribution in [3.8, 4) is 0 Å². The molecule has 4 rings (SSSR count). The van der Waals surface area contributed by atoms with Gasteiger partial charge >= 0.3 is 11.9 Å². The molecule has 2 aromatic rings. The second-order valence-electron chi connectivity index (χ2n) is 10.4. The van der Waals surface area contributed by atoms with E-state index >= 15 is 0 Å². The molecule has 2 aliphatic rings. The zero-order chi connectivity index (χ0) is 30.4. The van der Waals surface area contributed by atoms with Crippen LogP contribution in [-0.4, -0.2) is 75.4 Å². The number of aromatic nitrogens is 3. The van der Waals surface area contributed by atoms with E-state index in [1.165, 1.54) is 23.8 Å². The first-order chi connectivity index (χ1) is 20.1. The number of rotatable bonds is 14. The van der Waals surface area contributed by atoms with Gasteiger partial charge in [0.15, 0.2) is 11.8 Å². The van der Waals surface area contributed by atoms with Crippen molar-refractivity contribution in [2.75, 3.05) is 30.1 Å². The highest BCUT2D eigenvalue weighted by Gasteiger charge is 2.53. The Morgan fingerprint density at radius 1 is 1.24 bits per heavy atom. The highest BCUT2D eigenvalue weighted by atomic mass is 16.6. The van der Waals surface area contributed by atoms with Crippen LogP contribution in [0.5, 0.6) is 0 Å². The third-order valence-electron chi connectivity index (χ3n) is 7.54. The van der Waals surface area contributed by atoms with Crippen molar-refractivity contribution >= 4 is 35.1 Å². The number of benzene rings is 1. The first-order valence-electron chi connectivity index (χ1n) is 14.0. The van der Waals surface area contributed by atoms with Crippen LogP contribution in [0.15, 0.2) is 36.5 Å². The highest BCUT2D eigenvalue weighted by molar-refractivity contribution is 6.08. The normalized spacial score (nSPS) is 20.5. The molecule has 0 bridgehead atoms. The van der Waals surface area contributed by atoms with E-state index in [1.54, 1.807) is 42.1 Å². The van der Waals surface area contributed by atoms with Crippen molar-refractivity contribution in [1.82, 2.24) is 15.0 Å². The number of aliphatic hydroxyl groups is 2. The summed E-state index contributed by atoms with van der Waals surface area (Å²) < 4.78 is 11.6. The quantitative estimate of drug-likeness (QED) is 0.144. The van der Waals surface area contributed by atoms with Crippen molar-refractivity contribution in [2.24, 2.45) is 5.92 Å². The predicted octanol–water partition coefficient (Wildman–Crippen LogP) is 1.60. The fraction of sp³-hybridized carbons (Fsp3) is 0.517. The molecule has 2 N–H and O–H groups in total. The number of esters is 2. The lowest BCUT2D eigenvalue weighted by Crippen LogP contribution is -2.55. The van der Waals surface area contributed by atoms with E-state index in [0.29, 0.717) is 54.9 Å². The molecule has 1 aromatic heterocycles. The summed E-state index contributed by atoms with van der Waals surface area (Å²) in [7, 11) is 1.32. The van der Waals surface area contributed by atoms with Crippen LogP contribution in [0.4, 0.5) is 11.4 Å². The molecule has 1 aromatic carbocycles. The highest BCUT2D eigenvalue weighted by Crippen LogP contribution is 2.47. The molecule has 13 nitrogen and oxygen atoms in total. The van der Waals surface area contributed by atoms with Crippen LogP contribution < -0.4 is 9.80 Å². The summed E-state index contributed by atoms with van der Waals surface area (Å²) >= 11 is 0. The van der Waals surface area contributed by atoms with E-state index < -0.39 is 29.6 Å². The van der Waals surface area contributed by atoms with Gasteiger partial charge in [0.25, 0.3) is 5.91 Å². The molecule has 1 fully saturated rings. The first kappa shape index (κ1) is 30.8. The van der Waals surface area contributed by atoms with Gasteiger partial charge in [-0.15, -0.1) is 5.10 Å². The Balaban J connectivity index is 1.56. The fourth-order valence-corrected chi connectivity index (χ4v) is 5.25. The van der Waals surface area contributed by atoms with Gasteiger partial charge in [0.2, 0.25) is 5.91 Å². The number of fused-ring (bicyclic) bond motifs is 1. The van der Waals surface area contributed by atoms with Crippen LogP contribution in [0.3, 0.4) is 0 Å². The second kappa shape index (κ2) is 13.3. The molecular weight excluding hydrogens is 546 g/mol. The van der Waals surface area contributed by atoms with E-state index in [1.807, 2.05) is 6.08 Å². The van der Waals surface area contributed by atoms with Gasteiger partial charge in [0.1, 0.15) is 0 Å². The lowest BCUT2D eigenvalue weighted by atomic mass is 9.82. The molecule has 1 unspecified atom stereocenters. The molecule has 13 heteroatoms. The van der Waals surface area contributed by atoms with Crippen molar-refractivity contribution in [3.05, 3.63) is 47.8 Å². The number of ether oxygens (including phenoxy) is 2. The zero-order valence-electron chi connectivity index (χ0n) is 24.1. The standard InChI is InChI=1S/C29H37N5O8/c1-19(8-4-6-13-32-18-21(12-15-35)30-31-32)29(40)23-16-22(34-25(37)17-26(34)42-20(2)36)10-11-24(23)33(28(29)39)14-7-5-9-27(38)41-3/h4,8,10-11,16,18-19,26,35,40H,5-7,9,12-15,17H2,1-3H3/b8-4+/t19-,26?,29+/m1/s1. The maximum absolute atomic E-state index is 13.8. The Morgan fingerprint density at radius 2 is 2.02 bits per heavy atom. The minimum atomic E-state index is -1.92. The summed E-state index contributed by atoms with van der Waals surface area (Å²) in [5.41, 5.74) is 0.0470. The lowest BCUT2D eigenvalue weighted by molar-refractivity contribution is -0.154. The Hall–Kier alpha value is -4.10. The van der Waals surface area contributed by atoms with Crippen LogP contribution in [0.2, 0.25) is 0 Å². The van der Waals surface area contributed by atoms with Crippen molar-refractivity contribution in [3.63, 3.8) is 0 Å². The van der Waals surface area contributed by atoms with Crippen LogP contribution in [0.1, 0.15) is 57.2 Å². The number of aryl methyl sites for hydroxylation is 1. The third-order valence-corrected chi connectivity index (χ3v) is 7.54. The Morgan fingerprint density at radius 3 is 2.71 bits per heavy atom. The molecule has 42 heavy (non-hydrogen) atoms. The van der Waals surface area contributed by atoms with Crippen LogP contribution in [0, 0.1) is 5.92 Å². The molecule has 1 saturated heterocycles. The molecule has 2 amide bonds. The third kappa shape index (κ3) is 6.36. The van der Waals surface area contributed by atoms with Gasteiger partial charge in [-0.05, 0) is 37.5 Å². The number of carbonyl (C=O) groups excluding carboxylic acids is 4. The maximum Gasteiger partial charge on any atom is 0.305 e. The van der Waals surface area contributed by atoms with Crippen molar-refractivity contribution in [1.29, 1.82) is 0 Å². The number of unbranched alkanes of at least 4 members (excludes halogenated alkanes) is 1. The van der Waals surface area contributed by atoms with Gasteiger partial charge in [-0.2, -0.15) is 0 Å². The topological polar surface area (TPSA) is 164 Å². The monoisotopic (exact) mass is 583 g/mol. The number of hydrogen-bond acceptors (Lipinski definition) is 10. The van der Waals surface area contributed by atoms with E-state index in [0.717, 1.165) is 0 Å². The summed E-state index contributed by atoms with van der Waals surface area (Å²) in [6.07, 6.45) is 6.93. The molecule has 0 radical (unpaired) electrons. The number of nitrogens with zero attached hydrogens (tertiary/aromatic N) is 5. The van der Waals surface area contributed by atoms with Crippen molar-refractivity contribution < 1.29 is 38.9 Å². The van der Waals surface area contributed by atoms with Crippen LogP contribution in [0.25, 0.3) is 0 Å². The zero-order valence-corrected chi connectivity index (χ0v) is 24.1. The summed E-state index contributed by atoms with van der Waals surface area (Å²) in [4.78, 5) is 52.2. The number of carbonyl (C=O) groups is 4. The van der Waals surface area contributed by atoms with E-state index in [9.17, 15) is 24.3 Å². The second-order valence-corrected chi connectivity index (χ2v) is 10.4. The summed E-state index contributed by atoms with van der Waals surface area (Å²) in [5.74, 6) is -2.23. The number of amides is 2. The first-order valence-corrected chi connectivity index (χ1v) is 14.0. The number of anilines is 2. The van der Waals surface area contributed by atoms with E-state index in [-0.39, 0.29) is 37.9 Å². The predicted molar refractivity (Wildman–Crippen MR) is 150 cm³/mol. The van der Waals surface area contributed by atoms with Gasteiger partial charge in [0, 0.05) is 62.8 Å². The molecule has 3 atom stereocenters. The largest absolute Gasteiger partial charge is 0.469 e. The minimum Gasteiger partial charge on any atom is -0.469 e. The SMILES string of the molecule is COC(=O)CCCCN1C(=O)[C@](O)([C@H](C)/C=C/CCn2cc(CCO)nn2)c2cc(N3C(=O)CC3OC(C)=O)ccc21. The summed E-state index contributed by atoms with van der Waals surface area (Å²) in [6, 6.07) is 4.95. The number of allylic oxidation sites excluding steroid dienone is 1. The smallest absolute Gasteiger partial charge is 0.305 e. The number of β-lactam (4-membered cyclic amide) rings is 1. The summed E-state index contributed by atoms with van der Waals surface area (Å²) in [6.45, 7) is 3.81. The minimum absolute atomic E-state index is 0.00939. The average Bonchev–Trinajstić information content (AvgIpc) is 3.49. The number of methoxy groups -OCH3 is 1. The maximum atomic E-state index is 13.8.